The van der Waals surface area contributed by atoms with E-state index in [1.54, 1.807) is 56.3 Å². The predicted molar refractivity (Wildman–Crippen MR) is 99.1 cm³/mol. The van der Waals surface area contributed by atoms with Crippen LogP contribution in [0.1, 0.15) is 24.2 Å². The molecule has 1 N–H and O–H groups in total. The van der Waals surface area contributed by atoms with Crippen molar-refractivity contribution in [2.75, 3.05) is 19.0 Å². The molecule has 0 aliphatic carbocycles. The summed E-state index contributed by atoms with van der Waals surface area (Å²) in [5.74, 6) is 0.257. The van der Waals surface area contributed by atoms with E-state index < -0.39 is 5.97 Å². The zero-order chi connectivity index (χ0) is 19.1. The summed E-state index contributed by atoms with van der Waals surface area (Å²) in [4.78, 5) is 23.7. The van der Waals surface area contributed by atoms with Gasteiger partial charge in [-0.15, -0.1) is 0 Å². The van der Waals surface area contributed by atoms with E-state index in [2.05, 4.69) is 5.32 Å². The van der Waals surface area contributed by atoms with Crippen molar-refractivity contribution in [1.29, 1.82) is 0 Å². The molecule has 6 nitrogen and oxygen atoms in total. The van der Waals surface area contributed by atoms with Gasteiger partial charge in [-0.25, -0.2) is 4.79 Å². The number of esters is 1. The molecule has 1 amide bonds. The molecule has 0 spiro atoms. The molecule has 2 aromatic carbocycles. The minimum Gasteiger partial charge on any atom is -0.495 e. The zero-order valence-electron chi connectivity index (χ0n) is 14.7. The smallest absolute Gasteiger partial charge is 0.344 e. The standard InChI is InChI=1S/C19H20ClNO5/c1-12(2)26-18(22)11-25-15-7-4-13(5-8-15)19(23)21-14-6-9-17(24-3)16(20)10-14/h4-10,12H,11H2,1-3H3,(H,21,23). The second-order valence-corrected chi connectivity index (χ2v) is 6.06. The van der Waals surface area contributed by atoms with Crippen molar-refractivity contribution in [3.05, 3.63) is 53.1 Å². The van der Waals surface area contributed by atoms with Crippen LogP contribution in [0.5, 0.6) is 11.5 Å². The lowest BCUT2D eigenvalue weighted by atomic mass is 10.2. The van der Waals surface area contributed by atoms with Gasteiger partial charge in [-0.1, -0.05) is 11.6 Å². The molecule has 0 saturated carbocycles. The Morgan fingerprint density at radius 1 is 1.12 bits per heavy atom. The number of benzene rings is 2. The molecule has 2 rings (SSSR count). The van der Waals surface area contributed by atoms with Crippen LogP contribution < -0.4 is 14.8 Å². The first-order valence-electron chi connectivity index (χ1n) is 7.96. The third-order valence-corrected chi connectivity index (χ3v) is 3.55. The van der Waals surface area contributed by atoms with Gasteiger partial charge in [-0.05, 0) is 56.3 Å². The van der Waals surface area contributed by atoms with Crippen LogP contribution in [0.2, 0.25) is 5.02 Å². The Labute approximate surface area is 157 Å². The van der Waals surface area contributed by atoms with Crippen molar-refractivity contribution in [3.63, 3.8) is 0 Å². The Morgan fingerprint density at radius 2 is 1.81 bits per heavy atom. The van der Waals surface area contributed by atoms with E-state index >= 15 is 0 Å². The summed E-state index contributed by atoms with van der Waals surface area (Å²) in [5.41, 5.74) is 0.992. The highest BCUT2D eigenvalue weighted by atomic mass is 35.5. The molecule has 0 aromatic heterocycles. The summed E-state index contributed by atoms with van der Waals surface area (Å²) < 4.78 is 15.4. The molecular weight excluding hydrogens is 358 g/mol. The monoisotopic (exact) mass is 377 g/mol. The van der Waals surface area contributed by atoms with Crippen molar-refractivity contribution >= 4 is 29.2 Å². The Kier molecular flexibility index (Phi) is 6.86. The predicted octanol–water partition coefficient (Wildman–Crippen LogP) is 3.93. The summed E-state index contributed by atoms with van der Waals surface area (Å²) in [6.45, 7) is 3.34. The van der Waals surface area contributed by atoms with Crippen LogP contribution >= 0.6 is 11.6 Å². The van der Waals surface area contributed by atoms with Crippen molar-refractivity contribution in [2.24, 2.45) is 0 Å². The Morgan fingerprint density at radius 3 is 2.38 bits per heavy atom. The van der Waals surface area contributed by atoms with E-state index in [0.717, 1.165) is 0 Å². The summed E-state index contributed by atoms with van der Waals surface area (Å²) in [5, 5.41) is 3.15. The summed E-state index contributed by atoms with van der Waals surface area (Å²) in [6.07, 6.45) is -0.191. The topological polar surface area (TPSA) is 73.9 Å². The van der Waals surface area contributed by atoms with E-state index in [9.17, 15) is 9.59 Å². The largest absolute Gasteiger partial charge is 0.495 e. The highest BCUT2D eigenvalue weighted by molar-refractivity contribution is 6.32. The molecule has 26 heavy (non-hydrogen) atoms. The second kappa shape index (κ2) is 9.10. The molecule has 0 fully saturated rings. The van der Waals surface area contributed by atoms with E-state index in [-0.39, 0.29) is 18.6 Å². The molecule has 0 atom stereocenters. The molecule has 0 aliphatic heterocycles. The number of nitrogens with one attached hydrogen (secondary N) is 1. The van der Waals surface area contributed by atoms with Crippen LogP contribution in [0.3, 0.4) is 0 Å². The Hall–Kier alpha value is -2.73. The van der Waals surface area contributed by atoms with Gasteiger partial charge < -0.3 is 19.5 Å². The van der Waals surface area contributed by atoms with Crippen LogP contribution in [0, 0.1) is 0 Å². The van der Waals surface area contributed by atoms with Gasteiger partial charge in [-0.2, -0.15) is 0 Å². The number of rotatable bonds is 7. The number of carbonyl (C=O) groups excluding carboxylic acids is 2. The van der Waals surface area contributed by atoms with E-state index in [4.69, 9.17) is 25.8 Å². The van der Waals surface area contributed by atoms with E-state index in [1.165, 1.54) is 7.11 Å². The van der Waals surface area contributed by atoms with Gasteiger partial charge in [0.2, 0.25) is 0 Å². The summed E-state index contributed by atoms with van der Waals surface area (Å²) >= 11 is 6.04. The third-order valence-electron chi connectivity index (χ3n) is 3.25. The number of methoxy groups -OCH3 is 1. The molecular formula is C19H20ClNO5. The van der Waals surface area contributed by atoms with Gasteiger partial charge in [-0.3, -0.25) is 4.79 Å². The number of amides is 1. The minimum absolute atomic E-state index is 0.186. The van der Waals surface area contributed by atoms with E-state index in [1.807, 2.05) is 0 Å². The maximum absolute atomic E-state index is 12.3. The van der Waals surface area contributed by atoms with Gasteiger partial charge in [0.15, 0.2) is 6.61 Å². The lowest BCUT2D eigenvalue weighted by Gasteiger charge is -2.10. The molecule has 138 valence electrons. The zero-order valence-corrected chi connectivity index (χ0v) is 15.5. The quantitative estimate of drug-likeness (QED) is 0.740. The fourth-order valence-corrected chi connectivity index (χ4v) is 2.35. The molecule has 2 aromatic rings. The molecule has 0 unspecified atom stereocenters. The first kappa shape index (κ1) is 19.6. The number of carbonyl (C=O) groups is 2. The number of ether oxygens (including phenoxy) is 3. The van der Waals surface area contributed by atoms with Crippen molar-refractivity contribution < 1.29 is 23.8 Å². The maximum atomic E-state index is 12.3. The summed E-state index contributed by atoms with van der Waals surface area (Å²) in [6, 6.07) is 11.4. The second-order valence-electron chi connectivity index (χ2n) is 5.66. The van der Waals surface area contributed by atoms with Crippen LogP contribution in [0.25, 0.3) is 0 Å². The van der Waals surface area contributed by atoms with Gasteiger partial charge in [0.05, 0.1) is 18.2 Å². The van der Waals surface area contributed by atoms with Crippen LogP contribution in [-0.2, 0) is 9.53 Å². The fourth-order valence-electron chi connectivity index (χ4n) is 2.09. The van der Waals surface area contributed by atoms with Crippen molar-refractivity contribution in [3.8, 4) is 11.5 Å². The first-order chi connectivity index (χ1) is 12.4. The first-order valence-corrected chi connectivity index (χ1v) is 8.34. The average molecular weight is 378 g/mol. The van der Waals surface area contributed by atoms with Gasteiger partial charge in [0, 0.05) is 11.3 Å². The molecule has 0 heterocycles. The average Bonchev–Trinajstić information content (AvgIpc) is 2.60. The highest BCUT2D eigenvalue weighted by Gasteiger charge is 2.10. The number of hydrogen-bond donors (Lipinski definition) is 1. The van der Waals surface area contributed by atoms with Crippen LogP contribution in [0.4, 0.5) is 5.69 Å². The molecule has 0 saturated heterocycles. The van der Waals surface area contributed by atoms with Crippen molar-refractivity contribution in [2.45, 2.75) is 20.0 Å². The number of hydrogen-bond acceptors (Lipinski definition) is 5. The van der Waals surface area contributed by atoms with Gasteiger partial charge in [0.1, 0.15) is 11.5 Å². The van der Waals surface area contributed by atoms with Crippen molar-refractivity contribution in [1.82, 2.24) is 0 Å². The molecule has 0 aliphatic rings. The fraction of sp³-hybridized carbons (Fsp3) is 0.263. The molecule has 0 bridgehead atoms. The van der Waals surface area contributed by atoms with E-state index in [0.29, 0.717) is 27.8 Å². The Balaban J connectivity index is 1.94. The SMILES string of the molecule is COc1ccc(NC(=O)c2ccc(OCC(=O)OC(C)C)cc2)cc1Cl. The normalized spacial score (nSPS) is 10.3. The lowest BCUT2D eigenvalue weighted by molar-refractivity contribution is -0.149. The third kappa shape index (κ3) is 5.67. The summed E-state index contributed by atoms with van der Waals surface area (Å²) in [7, 11) is 1.52. The Bertz CT molecular complexity index is 774. The molecule has 0 radical (unpaired) electrons. The van der Waals surface area contributed by atoms with Crippen LogP contribution in [-0.4, -0.2) is 31.7 Å². The minimum atomic E-state index is -0.446. The number of halogens is 1. The van der Waals surface area contributed by atoms with Crippen LogP contribution in [0.15, 0.2) is 42.5 Å². The van der Waals surface area contributed by atoms with Gasteiger partial charge in [0.25, 0.3) is 5.91 Å². The lowest BCUT2D eigenvalue weighted by Crippen LogP contribution is -2.18. The number of anilines is 1. The maximum Gasteiger partial charge on any atom is 0.344 e. The van der Waals surface area contributed by atoms with Gasteiger partial charge >= 0.3 is 5.97 Å². The molecule has 7 heteroatoms. The highest BCUT2D eigenvalue weighted by Crippen LogP contribution is 2.27.